The molecule has 2 rings (SSSR count). The lowest BCUT2D eigenvalue weighted by Crippen LogP contribution is -2.38. The predicted molar refractivity (Wildman–Crippen MR) is 90.0 cm³/mol. The first-order valence-electron chi connectivity index (χ1n) is 8.51. The Labute approximate surface area is 133 Å². The second-order valence-corrected chi connectivity index (χ2v) is 6.46. The zero-order valence-electron chi connectivity index (χ0n) is 13.8. The van der Waals surface area contributed by atoms with E-state index in [-0.39, 0.29) is 5.97 Å². The summed E-state index contributed by atoms with van der Waals surface area (Å²) in [6.45, 7) is 4.48. The summed E-state index contributed by atoms with van der Waals surface area (Å²) in [6, 6.07) is 9.03. The van der Waals surface area contributed by atoms with Gasteiger partial charge in [-0.05, 0) is 43.2 Å². The Hall–Kier alpha value is -1.64. The van der Waals surface area contributed by atoms with Gasteiger partial charge in [0.05, 0.1) is 11.3 Å². The predicted octanol–water partition coefficient (Wildman–Crippen LogP) is 5.36. The number of unbranched alkanes of at least 4 members (excludes halogenated alkanes) is 2. The lowest BCUT2D eigenvalue weighted by molar-refractivity contribution is 0.0501. The highest BCUT2D eigenvalue weighted by Crippen LogP contribution is 2.47. The van der Waals surface area contributed by atoms with Gasteiger partial charge in [0, 0.05) is 0 Å². The first-order chi connectivity index (χ1) is 10.7. The van der Waals surface area contributed by atoms with E-state index in [4.69, 9.17) is 4.84 Å². The molecule has 1 saturated carbocycles. The van der Waals surface area contributed by atoms with Gasteiger partial charge in [0.1, 0.15) is 0 Å². The molecule has 0 radical (unpaired) electrons. The SMILES string of the molecule is CCCCC1(CCCC)CC(=NOC(=O)c2ccccc2)C1. The number of hydrogen-bond donors (Lipinski definition) is 0. The van der Waals surface area contributed by atoms with Crippen LogP contribution in [-0.2, 0) is 4.84 Å². The number of carbonyl (C=O) groups excluding carboxylic acids is 1. The summed E-state index contributed by atoms with van der Waals surface area (Å²) < 4.78 is 0. The molecule has 0 bridgehead atoms. The first kappa shape index (κ1) is 16.7. The molecule has 0 N–H and O–H groups in total. The maximum atomic E-state index is 11.9. The highest BCUT2D eigenvalue weighted by Gasteiger charge is 2.41. The third-order valence-corrected chi connectivity index (χ3v) is 4.55. The summed E-state index contributed by atoms with van der Waals surface area (Å²) in [6.07, 6.45) is 9.57. The fourth-order valence-corrected chi connectivity index (χ4v) is 3.19. The quantitative estimate of drug-likeness (QED) is 0.479. The van der Waals surface area contributed by atoms with Crippen LogP contribution in [0, 0.1) is 5.41 Å². The number of rotatable bonds is 8. The van der Waals surface area contributed by atoms with Crippen LogP contribution in [0.25, 0.3) is 0 Å². The lowest BCUT2D eigenvalue weighted by atomic mass is 9.62. The number of hydrogen-bond acceptors (Lipinski definition) is 3. The Morgan fingerprint density at radius 1 is 1.09 bits per heavy atom. The van der Waals surface area contributed by atoms with Crippen molar-refractivity contribution in [1.82, 2.24) is 0 Å². The minimum absolute atomic E-state index is 0.368. The normalized spacial score (nSPS) is 16.0. The van der Waals surface area contributed by atoms with E-state index in [0.717, 1.165) is 18.6 Å². The van der Waals surface area contributed by atoms with E-state index in [1.54, 1.807) is 12.1 Å². The van der Waals surface area contributed by atoms with Crippen LogP contribution in [0.15, 0.2) is 35.5 Å². The number of benzene rings is 1. The molecule has 1 fully saturated rings. The molecule has 0 aliphatic heterocycles. The highest BCUT2D eigenvalue weighted by atomic mass is 16.7. The van der Waals surface area contributed by atoms with Gasteiger partial charge in [-0.2, -0.15) is 0 Å². The lowest BCUT2D eigenvalue weighted by Gasteiger charge is -2.43. The monoisotopic (exact) mass is 301 g/mol. The van der Waals surface area contributed by atoms with E-state index >= 15 is 0 Å². The third-order valence-electron chi connectivity index (χ3n) is 4.55. The van der Waals surface area contributed by atoms with E-state index in [2.05, 4.69) is 19.0 Å². The molecule has 1 aliphatic carbocycles. The van der Waals surface area contributed by atoms with Crippen LogP contribution in [0.3, 0.4) is 0 Å². The topological polar surface area (TPSA) is 38.7 Å². The summed E-state index contributed by atoms with van der Waals surface area (Å²) >= 11 is 0. The van der Waals surface area contributed by atoms with Gasteiger partial charge in [-0.1, -0.05) is 62.9 Å². The van der Waals surface area contributed by atoms with Gasteiger partial charge in [-0.15, -0.1) is 0 Å². The van der Waals surface area contributed by atoms with Crippen molar-refractivity contribution in [3.05, 3.63) is 35.9 Å². The van der Waals surface area contributed by atoms with Crippen LogP contribution < -0.4 is 0 Å². The van der Waals surface area contributed by atoms with Crippen LogP contribution in [0.5, 0.6) is 0 Å². The van der Waals surface area contributed by atoms with Crippen molar-refractivity contribution in [2.75, 3.05) is 0 Å². The Morgan fingerprint density at radius 2 is 1.68 bits per heavy atom. The van der Waals surface area contributed by atoms with E-state index in [9.17, 15) is 4.79 Å². The van der Waals surface area contributed by atoms with Crippen molar-refractivity contribution in [2.45, 2.75) is 65.2 Å². The smallest absolute Gasteiger partial charge is 0.313 e. The molecule has 0 heterocycles. The molecule has 1 aromatic rings. The van der Waals surface area contributed by atoms with Gasteiger partial charge in [-0.25, -0.2) is 4.79 Å². The third kappa shape index (κ3) is 4.43. The average molecular weight is 301 g/mol. The van der Waals surface area contributed by atoms with Crippen LogP contribution in [0.4, 0.5) is 0 Å². The summed E-state index contributed by atoms with van der Waals surface area (Å²) in [5.41, 5.74) is 2.01. The molecule has 0 aromatic heterocycles. The Morgan fingerprint density at radius 3 is 2.23 bits per heavy atom. The maximum absolute atomic E-state index is 11.9. The maximum Gasteiger partial charge on any atom is 0.365 e. The van der Waals surface area contributed by atoms with Gasteiger partial charge in [-0.3, -0.25) is 0 Å². The van der Waals surface area contributed by atoms with Crippen LogP contribution in [0.1, 0.15) is 75.6 Å². The summed E-state index contributed by atoms with van der Waals surface area (Å²) in [5, 5.41) is 4.08. The van der Waals surface area contributed by atoms with Gasteiger partial charge < -0.3 is 4.84 Å². The summed E-state index contributed by atoms with van der Waals surface area (Å²) in [5.74, 6) is -0.368. The minimum atomic E-state index is -0.368. The van der Waals surface area contributed by atoms with Crippen LogP contribution in [-0.4, -0.2) is 11.7 Å². The molecule has 120 valence electrons. The number of carbonyl (C=O) groups is 1. The molecule has 1 aliphatic rings. The van der Waals surface area contributed by atoms with E-state index < -0.39 is 0 Å². The molecule has 3 nitrogen and oxygen atoms in total. The van der Waals surface area contributed by atoms with E-state index in [1.165, 1.54) is 38.5 Å². The molecule has 1 aromatic carbocycles. The fraction of sp³-hybridized carbons (Fsp3) is 0.579. The zero-order valence-corrected chi connectivity index (χ0v) is 13.8. The van der Waals surface area contributed by atoms with Gasteiger partial charge in [0.15, 0.2) is 0 Å². The Kier molecular flexibility index (Phi) is 6.17. The standard InChI is InChI=1S/C19H27NO2/c1-3-5-12-19(13-6-4-2)14-17(15-19)20-22-18(21)16-10-8-7-9-11-16/h7-11H,3-6,12-15H2,1-2H3. The molecule has 0 atom stereocenters. The van der Waals surface area contributed by atoms with Crippen LogP contribution >= 0.6 is 0 Å². The Balaban J connectivity index is 1.86. The number of nitrogens with zero attached hydrogens (tertiary/aromatic N) is 1. The molecule has 0 saturated heterocycles. The van der Waals surface area contributed by atoms with Crippen molar-refractivity contribution >= 4 is 11.7 Å². The van der Waals surface area contributed by atoms with Gasteiger partial charge >= 0.3 is 5.97 Å². The Bertz CT molecular complexity index is 489. The highest BCUT2D eigenvalue weighted by molar-refractivity contribution is 5.93. The zero-order chi connectivity index (χ0) is 15.8. The van der Waals surface area contributed by atoms with Crippen molar-refractivity contribution in [2.24, 2.45) is 10.6 Å². The molecule has 3 heteroatoms. The second-order valence-electron chi connectivity index (χ2n) is 6.46. The fourth-order valence-electron chi connectivity index (χ4n) is 3.19. The van der Waals surface area contributed by atoms with E-state index in [1.807, 2.05) is 18.2 Å². The number of oxime groups is 1. The van der Waals surface area contributed by atoms with Crippen molar-refractivity contribution in [1.29, 1.82) is 0 Å². The van der Waals surface area contributed by atoms with Crippen molar-refractivity contribution < 1.29 is 9.63 Å². The molecule has 0 spiro atoms. The molecular weight excluding hydrogens is 274 g/mol. The molecule has 0 unspecified atom stereocenters. The summed E-state index contributed by atoms with van der Waals surface area (Å²) in [7, 11) is 0. The van der Waals surface area contributed by atoms with E-state index in [0.29, 0.717) is 11.0 Å². The van der Waals surface area contributed by atoms with Gasteiger partial charge in [0.25, 0.3) is 0 Å². The second kappa shape index (κ2) is 8.11. The first-order valence-corrected chi connectivity index (χ1v) is 8.51. The van der Waals surface area contributed by atoms with Crippen LogP contribution in [0.2, 0.25) is 0 Å². The largest absolute Gasteiger partial charge is 0.365 e. The average Bonchev–Trinajstić information content (AvgIpc) is 2.53. The minimum Gasteiger partial charge on any atom is -0.313 e. The molecule has 0 amide bonds. The molecular formula is C19H27NO2. The summed E-state index contributed by atoms with van der Waals surface area (Å²) in [4.78, 5) is 16.9. The van der Waals surface area contributed by atoms with Crippen molar-refractivity contribution in [3.8, 4) is 0 Å². The van der Waals surface area contributed by atoms with Crippen molar-refractivity contribution in [3.63, 3.8) is 0 Å². The molecule has 22 heavy (non-hydrogen) atoms. The van der Waals surface area contributed by atoms with Gasteiger partial charge in [0.2, 0.25) is 0 Å².